The van der Waals surface area contributed by atoms with E-state index in [4.69, 9.17) is 0 Å². The molecule has 1 aromatic rings. The molecule has 0 bridgehead atoms. The number of amides is 3. The number of carbonyl (C=O) groups is 2. The van der Waals surface area contributed by atoms with Gasteiger partial charge >= 0.3 is 6.03 Å². The van der Waals surface area contributed by atoms with Crippen molar-refractivity contribution in [2.75, 3.05) is 26.2 Å². The first-order chi connectivity index (χ1) is 11.0. The van der Waals surface area contributed by atoms with Crippen molar-refractivity contribution in [1.29, 1.82) is 0 Å². The molecule has 2 atom stereocenters. The minimum absolute atomic E-state index is 0.0215. The second-order valence-corrected chi connectivity index (χ2v) is 6.44. The molecule has 4 rings (SSSR count). The van der Waals surface area contributed by atoms with Crippen molar-refractivity contribution >= 4 is 11.9 Å². The van der Waals surface area contributed by atoms with Crippen LogP contribution in [0.25, 0.3) is 0 Å². The van der Waals surface area contributed by atoms with Gasteiger partial charge in [-0.15, -0.1) is 0 Å². The van der Waals surface area contributed by atoms with Crippen LogP contribution in [0.1, 0.15) is 17.9 Å². The van der Waals surface area contributed by atoms with E-state index in [-0.39, 0.29) is 29.8 Å². The lowest BCUT2D eigenvalue weighted by molar-refractivity contribution is -0.139. The number of nitrogens with zero attached hydrogens (tertiary/aromatic N) is 2. The van der Waals surface area contributed by atoms with Crippen LogP contribution in [0.5, 0.6) is 0 Å². The number of hydrogen-bond acceptors (Lipinski definition) is 2. The Kier molecular flexibility index (Phi) is 3.25. The fraction of sp³-hybridized carbons (Fsp3) is 0.500. The highest BCUT2D eigenvalue weighted by Crippen LogP contribution is 2.49. The fourth-order valence-electron chi connectivity index (χ4n) is 3.48. The molecule has 1 aliphatic carbocycles. The van der Waals surface area contributed by atoms with E-state index in [2.05, 4.69) is 5.32 Å². The summed E-state index contributed by atoms with van der Waals surface area (Å²) in [5.74, 6) is -1.85. The van der Waals surface area contributed by atoms with Crippen LogP contribution in [0, 0.1) is 17.6 Å². The Balaban J connectivity index is 1.33. The maximum absolute atomic E-state index is 13.3. The number of likely N-dealkylation sites (tertiary alicyclic amines) is 1. The van der Waals surface area contributed by atoms with Crippen LogP contribution in [0.4, 0.5) is 13.6 Å². The lowest BCUT2D eigenvalue weighted by Crippen LogP contribution is -2.62. The molecule has 2 heterocycles. The molecular formula is C16H17F2N3O2. The van der Waals surface area contributed by atoms with Crippen molar-refractivity contribution in [3.05, 3.63) is 35.4 Å². The summed E-state index contributed by atoms with van der Waals surface area (Å²) in [4.78, 5) is 27.5. The zero-order chi connectivity index (χ0) is 16.1. The van der Waals surface area contributed by atoms with Gasteiger partial charge in [-0.25, -0.2) is 13.6 Å². The SMILES string of the molecule is O=C(C1CC1c1ccc(F)c(F)c1)N1CC(N2CCNC2=O)C1. The Morgan fingerprint density at radius 2 is 2.00 bits per heavy atom. The molecule has 23 heavy (non-hydrogen) atoms. The summed E-state index contributed by atoms with van der Waals surface area (Å²) in [7, 11) is 0. The topological polar surface area (TPSA) is 52.7 Å². The number of benzene rings is 1. The van der Waals surface area contributed by atoms with Crippen molar-refractivity contribution in [3.8, 4) is 0 Å². The Labute approximate surface area is 132 Å². The van der Waals surface area contributed by atoms with Gasteiger partial charge in [-0.1, -0.05) is 6.07 Å². The zero-order valence-electron chi connectivity index (χ0n) is 12.5. The lowest BCUT2D eigenvalue weighted by atomic mass is 10.0. The maximum Gasteiger partial charge on any atom is 0.317 e. The monoisotopic (exact) mass is 321 g/mol. The zero-order valence-corrected chi connectivity index (χ0v) is 12.5. The summed E-state index contributed by atoms with van der Waals surface area (Å²) in [6.07, 6.45) is 0.676. The number of nitrogens with one attached hydrogen (secondary N) is 1. The van der Waals surface area contributed by atoms with Crippen LogP contribution >= 0.6 is 0 Å². The van der Waals surface area contributed by atoms with Crippen molar-refractivity contribution in [3.63, 3.8) is 0 Å². The first-order valence-electron chi connectivity index (χ1n) is 7.83. The molecular weight excluding hydrogens is 304 g/mol. The molecule has 122 valence electrons. The maximum atomic E-state index is 13.3. The van der Waals surface area contributed by atoms with E-state index in [0.29, 0.717) is 38.2 Å². The van der Waals surface area contributed by atoms with Gasteiger partial charge in [0.1, 0.15) is 0 Å². The van der Waals surface area contributed by atoms with Gasteiger partial charge in [0.25, 0.3) is 0 Å². The van der Waals surface area contributed by atoms with Gasteiger partial charge < -0.3 is 15.1 Å². The van der Waals surface area contributed by atoms with E-state index in [0.717, 1.165) is 6.07 Å². The molecule has 1 N–H and O–H groups in total. The molecule has 3 amide bonds. The summed E-state index contributed by atoms with van der Waals surface area (Å²) in [6.45, 7) is 2.47. The van der Waals surface area contributed by atoms with Crippen LogP contribution in [0.2, 0.25) is 0 Å². The van der Waals surface area contributed by atoms with E-state index >= 15 is 0 Å². The highest BCUT2D eigenvalue weighted by molar-refractivity contribution is 5.84. The second kappa shape index (κ2) is 5.18. The van der Waals surface area contributed by atoms with E-state index < -0.39 is 11.6 Å². The smallest absolute Gasteiger partial charge is 0.317 e. The fourth-order valence-corrected chi connectivity index (χ4v) is 3.48. The number of hydrogen-bond donors (Lipinski definition) is 1. The van der Waals surface area contributed by atoms with Crippen LogP contribution < -0.4 is 5.32 Å². The molecule has 1 saturated carbocycles. The number of rotatable bonds is 3. The number of carbonyl (C=O) groups excluding carboxylic acids is 2. The quantitative estimate of drug-likeness (QED) is 0.912. The molecule has 5 nitrogen and oxygen atoms in total. The Morgan fingerprint density at radius 1 is 1.22 bits per heavy atom. The molecule has 3 fully saturated rings. The average Bonchev–Trinajstić information content (AvgIpc) is 3.18. The first-order valence-corrected chi connectivity index (χ1v) is 7.83. The molecule has 1 aromatic carbocycles. The van der Waals surface area contributed by atoms with E-state index in [1.165, 1.54) is 6.07 Å². The van der Waals surface area contributed by atoms with Gasteiger partial charge in [0.05, 0.1) is 6.04 Å². The minimum Gasteiger partial charge on any atom is -0.338 e. The third kappa shape index (κ3) is 2.44. The van der Waals surface area contributed by atoms with Gasteiger partial charge in [-0.3, -0.25) is 4.79 Å². The van der Waals surface area contributed by atoms with Crippen LogP contribution in [0.3, 0.4) is 0 Å². The van der Waals surface area contributed by atoms with Gasteiger partial charge in [-0.2, -0.15) is 0 Å². The van der Waals surface area contributed by atoms with Crippen molar-refractivity contribution in [1.82, 2.24) is 15.1 Å². The molecule has 0 aromatic heterocycles. The third-order valence-electron chi connectivity index (χ3n) is 4.98. The molecule has 2 aliphatic heterocycles. The van der Waals surface area contributed by atoms with E-state index in [9.17, 15) is 18.4 Å². The lowest BCUT2D eigenvalue weighted by Gasteiger charge is -2.43. The predicted octanol–water partition coefficient (Wildman–Crippen LogP) is 1.30. The molecule has 2 unspecified atom stereocenters. The summed E-state index contributed by atoms with van der Waals surface area (Å²) >= 11 is 0. The largest absolute Gasteiger partial charge is 0.338 e. The Morgan fingerprint density at radius 3 is 2.65 bits per heavy atom. The summed E-state index contributed by atoms with van der Waals surface area (Å²) in [6, 6.07) is 3.87. The molecule has 0 spiro atoms. The van der Waals surface area contributed by atoms with Crippen LogP contribution in [0.15, 0.2) is 18.2 Å². The van der Waals surface area contributed by atoms with Crippen molar-refractivity contribution < 1.29 is 18.4 Å². The van der Waals surface area contributed by atoms with Gasteiger partial charge in [0.15, 0.2) is 11.6 Å². The second-order valence-electron chi connectivity index (χ2n) is 6.44. The van der Waals surface area contributed by atoms with Crippen LogP contribution in [-0.4, -0.2) is 54.0 Å². The van der Waals surface area contributed by atoms with Gasteiger partial charge in [-0.05, 0) is 30.0 Å². The van der Waals surface area contributed by atoms with Crippen molar-refractivity contribution in [2.45, 2.75) is 18.4 Å². The highest BCUT2D eigenvalue weighted by atomic mass is 19.2. The normalized spacial score (nSPS) is 27.0. The molecule has 0 radical (unpaired) electrons. The Hall–Kier alpha value is -2.18. The first kappa shape index (κ1) is 14.4. The molecule has 3 aliphatic rings. The van der Waals surface area contributed by atoms with Crippen LogP contribution in [-0.2, 0) is 4.79 Å². The highest BCUT2D eigenvalue weighted by Gasteiger charge is 2.49. The number of halogens is 2. The van der Waals surface area contributed by atoms with Crippen molar-refractivity contribution in [2.24, 2.45) is 5.92 Å². The average molecular weight is 321 g/mol. The van der Waals surface area contributed by atoms with E-state index in [1.807, 2.05) is 0 Å². The summed E-state index contributed by atoms with van der Waals surface area (Å²) in [5.41, 5.74) is 0.679. The van der Waals surface area contributed by atoms with E-state index in [1.54, 1.807) is 15.9 Å². The van der Waals surface area contributed by atoms with Gasteiger partial charge in [0.2, 0.25) is 5.91 Å². The predicted molar refractivity (Wildman–Crippen MR) is 77.7 cm³/mol. The standard InChI is InChI=1S/C16H17F2N3O2/c17-13-2-1-9(5-14(13)18)11-6-12(11)15(22)20-7-10(8-20)21-4-3-19-16(21)23/h1-2,5,10-12H,3-4,6-8H2,(H,19,23). The molecule has 7 heteroatoms. The summed E-state index contributed by atoms with van der Waals surface area (Å²) in [5, 5.41) is 2.75. The molecule has 2 saturated heterocycles. The number of urea groups is 1. The summed E-state index contributed by atoms with van der Waals surface area (Å²) < 4.78 is 26.2. The van der Waals surface area contributed by atoms with Gasteiger partial charge in [0, 0.05) is 32.1 Å². The third-order valence-corrected chi connectivity index (χ3v) is 4.98. The Bertz CT molecular complexity index is 675. The minimum atomic E-state index is -0.871.